The van der Waals surface area contributed by atoms with Crippen molar-refractivity contribution in [1.82, 2.24) is 0 Å². The molecule has 0 radical (unpaired) electrons. The summed E-state index contributed by atoms with van der Waals surface area (Å²) in [5, 5.41) is 41.2. The normalized spacial score (nSPS) is 10.8. The maximum absolute atomic E-state index is 10.3. The molecule has 0 amide bonds. The Morgan fingerprint density at radius 1 is 0.438 bits per heavy atom. The van der Waals surface area contributed by atoms with E-state index in [0.29, 0.717) is 19.4 Å². The summed E-state index contributed by atoms with van der Waals surface area (Å²) in [6.07, 6.45) is 53.3. The van der Waals surface area contributed by atoms with Crippen LogP contribution < -0.4 is 29.6 Å². The zero-order chi connectivity index (χ0) is 46.9. The van der Waals surface area contributed by atoms with Gasteiger partial charge in [-0.3, -0.25) is 9.35 Å². The first kappa shape index (κ1) is 76.4. The second kappa shape index (κ2) is 70.5. The van der Waals surface area contributed by atoms with Crippen molar-refractivity contribution in [2.75, 3.05) is 26.4 Å². The summed E-state index contributed by atoms with van der Waals surface area (Å²) in [6, 6.07) is 0. The van der Waals surface area contributed by atoms with E-state index in [9.17, 15) is 13.2 Å². The predicted octanol–water partition coefficient (Wildman–Crippen LogP) is 11.6. The summed E-state index contributed by atoms with van der Waals surface area (Å²) in [6.45, 7) is 6.51. The standard InChI is InChI=1S/C18H36O2.C18H38O.C12H26O4S.C3H8O3.Mg.Na.3H/c1-2-3-4-5-6-7-8-9-10-11-12-13-14-15-16-17-18(19)20;1-2-3-4-5-6-7-8-9-10-11-12-13-14-15-16-17-18-19;1-2-3-4-5-6-7-8-9-10-11-12-16-17(13,14)15;4-1-3(6)2-5;;;;;/h2-17H2,1H3,(H,19,20);19H,2-18H2,1H3;2-12H2,1H3,(H,13,14,15);3-6H,1-2H2;;;;;/q;;;;+2;+1;3*-1. The van der Waals surface area contributed by atoms with E-state index in [1.165, 1.54) is 225 Å². The summed E-state index contributed by atoms with van der Waals surface area (Å²) in [5.74, 6) is -0.653. The van der Waals surface area contributed by atoms with Crippen molar-refractivity contribution in [3.05, 3.63) is 0 Å². The van der Waals surface area contributed by atoms with E-state index >= 15 is 0 Å². The van der Waals surface area contributed by atoms with Gasteiger partial charge in [-0.25, -0.2) is 4.18 Å². The monoisotopic (exact) mass is 963 g/mol. The maximum atomic E-state index is 10.3. The van der Waals surface area contributed by atoms with Crippen LogP contribution in [-0.4, -0.2) is 100 Å². The molecule has 0 fully saturated rings. The van der Waals surface area contributed by atoms with Crippen LogP contribution in [0.4, 0.5) is 0 Å². The van der Waals surface area contributed by atoms with Crippen LogP contribution in [0.1, 0.15) is 295 Å². The first-order valence-corrected chi connectivity index (χ1v) is 27.8. The smallest absolute Gasteiger partial charge is 1.00 e. The third kappa shape index (κ3) is 89.5. The van der Waals surface area contributed by atoms with Gasteiger partial charge in [-0.05, 0) is 19.3 Å². The molecular weight excluding hydrogens is 852 g/mol. The molecule has 0 saturated carbocycles. The van der Waals surface area contributed by atoms with E-state index in [4.69, 9.17) is 30.1 Å². The zero-order valence-corrected chi connectivity index (χ0v) is 47.3. The topological polar surface area (TPSA) is 182 Å². The number of aliphatic hydroxyl groups excluding tert-OH is 4. The summed E-state index contributed by atoms with van der Waals surface area (Å²) in [7, 11) is -4.23. The Balaban J connectivity index is -0.0000000979. The summed E-state index contributed by atoms with van der Waals surface area (Å²) < 4.78 is 33.0. The van der Waals surface area contributed by atoms with E-state index in [-0.39, 0.29) is 76.7 Å². The molecule has 0 heterocycles. The fourth-order valence-corrected chi connectivity index (χ4v) is 7.45. The fraction of sp³-hybridized carbons (Fsp3) is 0.980. The Bertz CT molecular complexity index is 902. The van der Waals surface area contributed by atoms with Crippen molar-refractivity contribution >= 4 is 39.4 Å². The average Bonchev–Trinajstić information content (AvgIpc) is 3.25. The summed E-state index contributed by atoms with van der Waals surface area (Å²) in [5.41, 5.74) is 0. The van der Waals surface area contributed by atoms with E-state index in [1.807, 2.05) is 0 Å². The predicted molar refractivity (Wildman–Crippen MR) is 272 cm³/mol. The van der Waals surface area contributed by atoms with Crippen molar-refractivity contribution in [3.8, 4) is 0 Å². The minimum Gasteiger partial charge on any atom is -1.00 e. The van der Waals surface area contributed by atoms with E-state index in [1.54, 1.807) is 0 Å². The molecule has 64 heavy (non-hydrogen) atoms. The zero-order valence-electron chi connectivity index (χ0n) is 46.0. The van der Waals surface area contributed by atoms with Crippen molar-refractivity contribution in [1.29, 1.82) is 0 Å². The molecule has 0 aromatic carbocycles. The first-order chi connectivity index (χ1) is 30.1. The number of unbranched alkanes of at least 4 members (excludes halogenated alkanes) is 38. The molecule has 0 aromatic rings. The van der Waals surface area contributed by atoms with Gasteiger partial charge < -0.3 is 29.8 Å². The Kier molecular flexibility index (Phi) is 84.2. The van der Waals surface area contributed by atoms with Crippen LogP contribution in [0.3, 0.4) is 0 Å². The molecule has 6 N–H and O–H groups in total. The van der Waals surface area contributed by atoms with Gasteiger partial charge in [-0.15, -0.1) is 0 Å². The van der Waals surface area contributed by atoms with Crippen LogP contribution >= 0.6 is 0 Å². The van der Waals surface area contributed by atoms with Gasteiger partial charge in [0.25, 0.3) is 0 Å². The average molecular weight is 964 g/mol. The minimum absolute atomic E-state index is 0. The molecular formula is C51H111MgNaO10S. The number of aliphatic hydroxyl groups is 4. The molecule has 0 aliphatic rings. The number of carbonyl (C=O) groups is 1. The van der Waals surface area contributed by atoms with Gasteiger partial charge in [-0.1, -0.05) is 265 Å². The van der Waals surface area contributed by atoms with Gasteiger partial charge in [0.2, 0.25) is 0 Å². The minimum atomic E-state index is -4.23. The molecule has 0 atom stereocenters. The van der Waals surface area contributed by atoms with Gasteiger partial charge in [0, 0.05) is 13.0 Å². The van der Waals surface area contributed by atoms with Gasteiger partial charge in [-0.2, -0.15) is 8.42 Å². The number of carboxylic acids is 1. The summed E-state index contributed by atoms with van der Waals surface area (Å²) in [4.78, 5) is 10.3. The largest absolute Gasteiger partial charge is 2.00 e. The van der Waals surface area contributed by atoms with Gasteiger partial charge >= 0.3 is 69.0 Å². The fourth-order valence-electron chi connectivity index (χ4n) is 7.12. The number of hydrogen-bond donors (Lipinski definition) is 6. The molecule has 384 valence electrons. The third-order valence-corrected chi connectivity index (χ3v) is 11.6. The van der Waals surface area contributed by atoms with Crippen molar-refractivity contribution in [2.45, 2.75) is 297 Å². The SMILES string of the molecule is CCCCCCCCCCCCCCCCCC(=O)O.CCCCCCCCCCCCCCCCCCO.CCCCCCCCCCCCOS(=O)(=O)O.OCC(O)CO.[H-].[H-].[H-].[Mg+2].[Na+]. The van der Waals surface area contributed by atoms with Crippen LogP contribution in [0.2, 0.25) is 0 Å². The van der Waals surface area contributed by atoms with Crippen molar-refractivity contribution < 1.29 is 81.3 Å². The van der Waals surface area contributed by atoms with Crippen LogP contribution in [0.15, 0.2) is 0 Å². The Morgan fingerprint density at radius 3 is 0.844 bits per heavy atom. The number of carboxylic acid groups (broad SMARTS) is 1. The molecule has 0 aromatic heterocycles. The van der Waals surface area contributed by atoms with Crippen LogP contribution in [0.25, 0.3) is 0 Å². The molecule has 0 bridgehead atoms. The quantitative estimate of drug-likeness (QED) is 0.0195. The second-order valence-corrected chi connectivity index (χ2v) is 18.7. The Hall–Kier alpha value is 0.946. The number of rotatable bonds is 46. The Morgan fingerprint density at radius 2 is 0.656 bits per heavy atom. The van der Waals surface area contributed by atoms with Crippen molar-refractivity contribution in [2.24, 2.45) is 0 Å². The van der Waals surface area contributed by atoms with E-state index in [2.05, 4.69) is 25.0 Å². The van der Waals surface area contributed by atoms with Crippen LogP contribution in [0.5, 0.6) is 0 Å². The molecule has 0 spiro atoms. The number of aliphatic carboxylic acids is 1. The van der Waals surface area contributed by atoms with Crippen LogP contribution in [0, 0.1) is 0 Å². The van der Waals surface area contributed by atoms with Gasteiger partial charge in [0.05, 0.1) is 19.8 Å². The Labute approximate surface area is 440 Å². The molecule has 0 rings (SSSR count). The molecule has 0 aliphatic carbocycles. The number of hydrogen-bond acceptors (Lipinski definition) is 8. The maximum Gasteiger partial charge on any atom is 2.00 e. The van der Waals surface area contributed by atoms with E-state index < -0.39 is 22.5 Å². The third-order valence-electron chi connectivity index (χ3n) is 11.2. The first-order valence-electron chi connectivity index (χ1n) is 26.4. The van der Waals surface area contributed by atoms with Crippen LogP contribution in [-0.2, 0) is 19.4 Å². The molecule has 0 unspecified atom stereocenters. The molecule has 0 aliphatic heterocycles. The molecule has 10 nitrogen and oxygen atoms in total. The second-order valence-electron chi connectivity index (χ2n) is 17.6. The van der Waals surface area contributed by atoms with E-state index in [0.717, 1.165) is 32.1 Å². The van der Waals surface area contributed by atoms with Gasteiger partial charge in [0.15, 0.2) is 0 Å². The molecule has 0 saturated heterocycles. The van der Waals surface area contributed by atoms with Crippen molar-refractivity contribution in [3.63, 3.8) is 0 Å². The van der Waals surface area contributed by atoms with Gasteiger partial charge in [0.1, 0.15) is 6.10 Å². The molecule has 13 heteroatoms. The summed E-state index contributed by atoms with van der Waals surface area (Å²) >= 11 is 0.